The number of para-hydroxylation sites is 1. The van der Waals surface area contributed by atoms with Gasteiger partial charge in [-0.25, -0.2) is 5.43 Å². The van der Waals surface area contributed by atoms with Crippen molar-refractivity contribution in [2.24, 2.45) is 5.10 Å². The number of anilines is 2. The molecule has 0 radical (unpaired) electrons. The molecule has 0 saturated heterocycles. The molecule has 1 aliphatic carbocycles. The van der Waals surface area contributed by atoms with E-state index in [0.717, 1.165) is 30.5 Å². The second kappa shape index (κ2) is 9.82. The third-order valence-corrected chi connectivity index (χ3v) is 5.03. The van der Waals surface area contributed by atoms with Gasteiger partial charge in [0.15, 0.2) is 0 Å². The summed E-state index contributed by atoms with van der Waals surface area (Å²) in [4.78, 5) is 36.4. The molecule has 2 aromatic rings. The SMILES string of the molecule is C/C(CC(=O)Nc1cccc2c1CCCC2)=N\NC(=O)C(=O)Nc1ccccc1C. The van der Waals surface area contributed by atoms with Crippen molar-refractivity contribution in [3.05, 3.63) is 59.2 Å². The van der Waals surface area contributed by atoms with Crippen LogP contribution in [0.3, 0.4) is 0 Å². The maximum atomic E-state index is 12.4. The van der Waals surface area contributed by atoms with Gasteiger partial charge >= 0.3 is 11.8 Å². The van der Waals surface area contributed by atoms with Crippen LogP contribution >= 0.6 is 0 Å². The molecule has 0 heterocycles. The number of carbonyl (C=O) groups is 3. The summed E-state index contributed by atoms with van der Waals surface area (Å²) in [6, 6.07) is 13.1. The molecule has 7 nitrogen and oxygen atoms in total. The number of fused-ring (bicyclic) bond motifs is 1. The predicted molar refractivity (Wildman–Crippen MR) is 117 cm³/mol. The average molecular weight is 406 g/mol. The number of hydrogen-bond acceptors (Lipinski definition) is 4. The number of aryl methyl sites for hydroxylation is 2. The standard InChI is InChI=1S/C23H26N4O3/c1-15-8-3-6-12-19(15)25-22(29)23(30)27-26-16(2)14-21(28)24-20-13-7-10-17-9-4-5-11-18(17)20/h3,6-8,10,12-13H,4-5,9,11,14H2,1-2H3,(H,24,28)(H,25,29)(H,27,30)/b26-16+. The second-order valence-corrected chi connectivity index (χ2v) is 7.43. The Kier molecular flexibility index (Phi) is 6.95. The molecule has 0 aliphatic heterocycles. The molecule has 156 valence electrons. The first-order valence-corrected chi connectivity index (χ1v) is 10.0. The molecule has 7 heteroatoms. The number of nitrogens with zero attached hydrogens (tertiary/aromatic N) is 1. The monoisotopic (exact) mass is 406 g/mol. The van der Waals surface area contributed by atoms with Crippen LogP contribution in [0.1, 0.15) is 42.9 Å². The van der Waals surface area contributed by atoms with E-state index in [4.69, 9.17) is 0 Å². The molecular weight excluding hydrogens is 380 g/mol. The van der Waals surface area contributed by atoms with Crippen molar-refractivity contribution in [1.82, 2.24) is 5.43 Å². The minimum absolute atomic E-state index is 0.0172. The zero-order chi connectivity index (χ0) is 21.5. The van der Waals surface area contributed by atoms with E-state index in [9.17, 15) is 14.4 Å². The van der Waals surface area contributed by atoms with Crippen LogP contribution in [0.4, 0.5) is 11.4 Å². The van der Waals surface area contributed by atoms with Gasteiger partial charge in [0.25, 0.3) is 0 Å². The summed E-state index contributed by atoms with van der Waals surface area (Å²) in [5.41, 5.74) is 7.33. The van der Waals surface area contributed by atoms with Gasteiger partial charge in [0.1, 0.15) is 0 Å². The van der Waals surface area contributed by atoms with Gasteiger partial charge in [-0.3, -0.25) is 14.4 Å². The van der Waals surface area contributed by atoms with Crippen LogP contribution in [-0.2, 0) is 27.2 Å². The molecule has 0 spiro atoms. The van der Waals surface area contributed by atoms with Gasteiger partial charge in [-0.1, -0.05) is 30.3 Å². The first-order chi connectivity index (χ1) is 14.4. The minimum Gasteiger partial charge on any atom is -0.325 e. The highest BCUT2D eigenvalue weighted by atomic mass is 16.2. The van der Waals surface area contributed by atoms with E-state index in [1.807, 2.05) is 31.2 Å². The highest BCUT2D eigenvalue weighted by molar-refractivity contribution is 6.39. The fourth-order valence-electron chi connectivity index (χ4n) is 3.45. The molecule has 0 atom stereocenters. The number of hydrazone groups is 1. The number of nitrogens with one attached hydrogen (secondary N) is 3. The molecule has 30 heavy (non-hydrogen) atoms. The first kappa shape index (κ1) is 21.2. The highest BCUT2D eigenvalue weighted by Gasteiger charge is 2.16. The predicted octanol–water partition coefficient (Wildman–Crippen LogP) is 3.33. The smallest absolute Gasteiger partial charge is 0.325 e. The van der Waals surface area contributed by atoms with Gasteiger partial charge in [0, 0.05) is 17.1 Å². The lowest BCUT2D eigenvalue weighted by molar-refractivity contribution is -0.136. The number of hydrogen-bond donors (Lipinski definition) is 3. The van der Waals surface area contributed by atoms with Crippen LogP contribution in [0, 0.1) is 6.92 Å². The highest BCUT2D eigenvalue weighted by Crippen LogP contribution is 2.27. The van der Waals surface area contributed by atoms with Crippen molar-refractivity contribution < 1.29 is 14.4 Å². The summed E-state index contributed by atoms with van der Waals surface area (Å²) in [5, 5.41) is 9.35. The quantitative estimate of drug-likeness (QED) is 0.403. The van der Waals surface area contributed by atoms with Crippen LogP contribution in [-0.4, -0.2) is 23.4 Å². The molecule has 3 amide bonds. The topological polar surface area (TPSA) is 99.7 Å². The van der Waals surface area contributed by atoms with E-state index in [1.54, 1.807) is 19.1 Å². The van der Waals surface area contributed by atoms with Crippen molar-refractivity contribution in [1.29, 1.82) is 0 Å². The largest absolute Gasteiger partial charge is 0.329 e. The maximum Gasteiger partial charge on any atom is 0.329 e. The van der Waals surface area contributed by atoms with Gasteiger partial charge in [0.2, 0.25) is 5.91 Å². The number of carbonyl (C=O) groups excluding carboxylic acids is 3. The van der Waals surface area contributed by atoms with Gasteiger partial charge in [0.05, 0.1) is 6.42 Å². The van der Waals surface area contributed by atoms with E-state index in [-0.39, 0.29) is 12.3 Å². The van der Waals surface area contributed by atoms with Crippen LogP contribution in [0.2, 0.25) is 0 Å². The molecule has 0 bridgehead atoms. The number of rotatable bonds is 5. The fourth-order valence-corrected chi connectivity index (χ4v) is 3.45. The lowest BCUT2D eigenvalue weighted by Crippen LogP contribution is -2.33. The van der Waals surface area contributed by atoms with E-state index >= 15 is 0 Å². The molecule has 3 rings (SSSR count). The molecule has 0 saturated carbocycles. The van der Waals surface area contributed by atoms with Crippen LogP contribution in [0.25, 0.3) is 0 Å². The van der Waals surface area contributed by atoms with Gasteiger partial charge in [-0.15, -0.1) is 0 Å². The Morgan fingerprint density at radius 3 is 2.43 bits per heavy atom. The van der Waals surface area contributed by atoms with E-state index in [1.165, 1.54) is 17.5 Å². The van der Waals surface area contributed by atoms with Gasteiger partial charge in [-0.2, -0.15) is 5.10 Å². The third kappa shape index (κ3) is 5.53. The fraction of sp³-hybridized carbons (Fsp3) is 0.304. The van der Waals surface area contributed by atoms with Gasteiger partial charge in [-0.05, 0) is 68.4 Å². The third-order valence-electron chi connectivity index (χ3n) is 5.03. The van der Waals surface area contributed by atoms with Crippen molar-refractivity contribution >= 4 is 34.8 Å². The summed E-state index contributed by atoms with van der Waals surface area (Å²) in [6.07, 6.45) is 4.31. The summed E-state index contributed by atoms with van der Waals surface area (Å²) < 4.78 is 0. The number of amides is 3. The Hall–Kier alpha value is -3.48. The van der Waals surface area contributed by atoms with Gasteiger partial charge < -0.3 is 10.6 Å². The lowest BCUT2D eigenvalue weighted by Gasteiger charge is -2.19. The van der Waals surface area contributed by atoms with Crippen LogP contribution < -0.4 is 16.1 Å². The van der Waals surface area contributed by atoms with Crippen LogP contribution in [0.15, 0.2) is 47.6 Å². The van der Waals surface area contributed by atoms with Crippen molar-refractivity contribution in [3.63, 3.8) is 0 Å². The average Bonchev–Trinajstić information content (AvgIpc) is 2.73. The Labute approximate surface area is 175 Å². The first-order valence-electron chi connectivity index (χ1n) is 10.0. The Morgan fingerprint density at radius 1 is 0.900 bits per heavy atom. The summed E-state index contributed by atoms with van der Waals surface area (Å²) in [6.45, 7) is 3.46. The Balaban J connectivity index is 1.52. The van der Waals surface area contributed by atoms with E-state index in [0.29, 0.717) is 11.4 Å². The molecular formula is C23H26N4O3. The molecule has 2 aromatic carbocycles. The zero-order valence-electron chi connectivity index (χ0n) is 17.2. The molecule has 1 aliphatic rings. The van der Waals surface area contributed by atoms with E-state index in [2.05, 4.69) is 27.2 Å². The zero-order valence-corrected chi connectivity index (χ0v) is 17.2. The van der Waals surface area contributed by atoms with Crippen molar-refractivity contribution in [2.75, 3.05) is 10.6 Å². The molecule has 3 N–H and O–H groups in total. The maximum absolute atomic E-state index is 12.4. The normalized spacial score (nSPS) is 13.2. The van der Waals surface area contributed by atoms with Crippen LogP contribution in [0.5, 0.6) is 0 Å². The summed E-state index contributed by atoms with van der Waals surface area (Å²) >= 11 is 0. The summed E-state index contributed by atoms with van der Waals surface area (Å²) in [5.74, 6) is -1.93. The molecule has 0 aromatic heterocycles. The lowest BCUT2D eigenvalue weighted by atomic mass is 9.90. The Bertz CT molecular complexity index is 998. The second-order valence-electron chi connectivity index (χ2n) is 7.43. The van der Waals surface area contributed by atoms with Crippen molar-refractivity contribution in [3.8, 4) is 0 Å². The minimum atomic E-state index is -0.893. The number of benzene rings is 2. The molecule has 0 fully saturated rings. The van der Waals surface area contributed by atoms with Crippen molar-refractivity contribution in [2.45, 2.75) is 46.0 Å². The summed E-state index contributed by atoms with van der Waals surface area (Å²) in [7, 11) is 0. The Morgan fingerprint density at radius 2 is 1.63 bits per heavy atom. The molecule has 0 unspecified atom stereocenters. The van der Waals surface area contributed by atoms with E-state index < -0.39 is 11.8 Å².